The van der Waals surface area contributed by atoms with E-state index in [2.05, 4.69) is 15.5 Å². The fraction of sp³-hybridized carbons (Fsp3) is 0.500. The van der Waals surface area contributed by atoms with Gasteiger partial charge in [-0.3, -0.25) is 9.69 Å². The molecule has 3 rings (SSSR count). The second-order valence-corrected chi connectivity index (χ2v) is 6.44. The molecule has 0 saturated carbocycles. The third-order valence-electron chi connectivity index (χ3n) is 4.68. The van der Waals surface area contributed by atoms with E-state index < -0.39 is 18.0 Å². The maximum absolute atomic E-state index is 12.6. The molecule has 146 valence electrons. The number of rotatable bonds is 5. The van der Waals surface area contributed by atoms with Gasteiger partial charge >= 0.3 is 12.0 Å². The average molecular weight is 376 g/mol. The van der Waals surface area contributed by atoms with Gasteiger partial charge < -0.3 is 24.7 Å². The average Bonchev–Trinajstić information content (AvgIpc) is 3.16. The van der Waals surface area contributed by atoms with Crippen LogP contribution in [0.2, 0.25) is 0 Å². The summed E-state index contributed by atoms with van der Waals surface area (Å²) in [6.45, 7) is 6.45. The number of urea groups is 1. The number of carbonyl (C=O) groups is 3. The molecule has 0 radical (unpaired) electrons. The number of carbonyl (C=O) groups excluding carboxylic acids is 3. The molecular weight excluding hydrogens is 352 g/mol. The Morgan fingerprint density at radius 1 is 1.30 bits per heavy atom. The summed E-state index contributed by atoms with van der Waals surface area (Å²) >= 11 is 0. The van der Waals surface area contributed by atoms with Gasteiger partial charge in [-0.1, -0.05) is 0 Å². The van der Waals surface area contributed by atoms with Crippen LogP contribution >= 0.6 is 0 Å². The summed E-state index contributed by atoms with van der Waals surface area (Å²) in [5, 5.41) is 5.47. The molecule has 0 aliphatic carbocycles. The van der Waals surface area contributed by atoms with Crippen molar-refractivity contribution in [3.8, 4) is 0 Å². The van der Waals surface area contributed by atoms with Crippen LogP contribution in [0, 0.1) is 0 Å². The van der Waals surface area contributed by atoms with E-state index in [9.17, 15) is 14.4 Å². The van der Waals surface area contributed by atoms with E-state index in [1.807, 2.05) is 0 Å². The Balaban J connectivity index is 1.85. The Morgan fingerprint density at radius 3 is 2.63 bits per heavy atom. The number of hydrogen-bond acceptors (Lipinski definition) is 6. The molecule has 2 aliphatic heterocycles. The van der Waals surface area contributed by atoms with E-state index >= 15 is 0 Å². The van der Waals surface area contributed by atoms with Gasteiger partial charge in [0.15, 0.2) is 0 Å². The largest absolute Gasteiger partial charge is 0.467 e. The van der Waals surface area contributed by atoms with E-state index in [1.54, 1.807) is 30.9 Å². The number of furan rings is 1. The van der Waals surface area contributed by atoms with E-state index in [1.165, 1.54) is 6.26 Å². The van der Waals surface area contributed by atoms with Crippen molar-refractivity contribution in [3.05, 3.63) is 35.4 Å². The summed E-state index contributed by atoms with van der Waals surface area (Å²) in [6.07, 6.45) is 1.49. The van der Waals surface area contributed by atoms with Crippen LogP contribution in [-0.2, 0) is 14.3 Å². The van der Waals surface area contributed by atoms with Gasteiger partial charge in [-0.25, -0.2) is 9.59 Å². The number of nitrogens with one attached hydrogen (secondary N) is 2. The zero-order chi connectivity index (χ0) is 19.4. The third-order valence-corrected chi connectivity index (χ3v) is 4.68. The van der Waals surface area contributed by atoms with Crippen LogP contribution in [0.15, 0.2) is 34.1 Å². The molecule has 1 aromatic rings. The standard InChI is InChI=1S/C18H24N4O5/c1-3-26-17(24)15-13(11-21-6-8-22(9-7-21)12(2)23)19-18(25)20-16(15)14-5-4-10-27-14/h4-5,10,16H,3,6-9,11H2,1-2H3,(H2,19,20,25). The van der Waals surface area contributed by atoms with E-state index in [0.717, 1.165) is 0 Å². The summed E-state index contributed by atoms with van der Waals surface area (Å²) in [4.78, 5) is 40.2. The van der Waals surface area contributed by atoms with Crippen molar-refractivity contribution < 1.29 is 23.5 Å². The van der Waals surface area contributed by atoms with Crippen molar-refractivity contribution in [2.45, 2.75) is 19.9 Å². The highest BCUT2D eigenvalue weighted by Crippen LogP contribution is 2.28. The summed E-state index contributed by atoms with van der Waals surface area (Å²) in [7, 11) is 0. The SMILES string of the molecule is CCOC(=O)C1=C(CN2CCN(C(C)=O)CC2)NC(=O)NC1c1ccco1. The van der Waals surface area contributed by atoms with Gasteiger partial charge in [0.25, 0.3) is 0 Å². The maximum Gasteiger partial charge on any atom is 0.338 e. The highest BCUT2D eigenvalue weighted by atomic mass is 16.5. The van der Waals surface area contributed by atoms with Gasteiger partial charge in [-0.2, -0.15) is 0 Å². The van der Waals surface area contributed by atoms with E-state index in [0.29, 0.717) is 49.8 Å². The second kappa shape index (κ2) is 8.26. The number of ether oxygens (including phenoxy) is 1. The van der Waals surface area contributed by atoms with Gasteiger partial charge in [-0.15, -0.1) is 0 Å². The molecule has 9 heteroatoms. The van der Waals surface area contributed by atoms with Gasteiger partial charge in [0, 0.05) is 45.3 Å². The Hall–Kier alpha value is -2.81. The molecule has 1 saturated heterocycles. The van der Waals surface area contributed by atoms with E-state index in [4.69, 9.17) is 9.15 Å². The highest BCUT2D eigenvalue weighted by molar-refractivity contribution is 5.95. The van der Waals surface area contributed by atoms with Gasteiger partial charge in [-0.05, 0) is 19.1 Å². The highest BCUT2D eigenvalue weighted by Gasteiger charge is 2.36. The zero-order valence-electron chi connectivity index (χ0n) is 15.5. The smallest absolute Gasteiger partial charge is 0.338 e. The number of hydrogen-bond donors (Lipinski definition) is 2. The molecular formula is C18H24N4O5. The summed E-state index contributed by atoms with van der Waals surface area (Å²) in [6, 6.07) is 2.30. The molecule has 0 aromatic carbocycles. The summed E-state index contributed by atoms with van der Waals surface area (Å²) in [5.41, 5.74) is 0.829. The van der Waals surface area contributed by atoms with Gasteiger partial charge in [0.05, 0.1) is 18.4 Å². The minimum atomic E-state index is -0.707. The number of piperazine rings is 1. The Morgan fingerprint density at radius 2 is 2.04 bits per heavy atom. The Bertz CT molecular complexity index is 735. The lowest BCUT2D eigenvalue weighted by atomic mass is 9.99. The monoisotopic (exact) mass is 376 g/mol. The lowest BCUT2D eigenvalue weighted by molar-refractivity contribution is -0.139. The van der Waals surface area contributed by atoms with Crippen LogP contribution in [0.4, 0.5) is 4.79 Å². The lowest BCUT2D eigenvalue weighted by Gasteiger charge is -2.36. The van der Waals surface area contributed by atoms with Crippen LogP contribution < -0.4 is 10.6 Å². The van der Waals surface area contributed by atoms with Crippen molar-refractivity contribution in [2.75, 3.05) is 39.3 Å². The minimum absolute atomic E-state index is 0.0501. The van der Waals surface area contributed by atoms with Gasteiger partial charge in [0.1, 0.15) is 11.8 Å². The molecule has 3 heterocycles. The van der Waals surface area contributed by atoms with Crippen molar-refractivity contribution >= 4 is 17.9 Å². The molecule has 2 aliphatic rings. The topological polar surface area (TPSA) is 104 Å². The first-order valence-electron chi connectivity index (χ1n) is 8.98. The van der Waals surface area contributed by atoms with Crippen LogP contribution in [0.3, 0.4) is 0 Å². The maximum atomic E-state index is 12.6. The van der Waals surface area contributed by atoms with Crippen LogP contribution in [0.1, 0.15) is 25.6 Å². The minimum Gasteiger partial charge on any atom is -0.467 e. The van der Waals surface area contributed by atoms with E-state index in [-0.39, 0.29) is 12.5 Å². The molecule has 2 N–H and O–H groups in total. The lowest BCUT2D eigenvalue weighted by Crippen LogP contribution is -2.52. The molecule has 0 bridgehead atoms. The van der Waals surface area contributed by atoms with Gasteiger partial charge in [0.2, 0.25) is 5.91 Å². The predicted octanol–water partition coefficient (Wildman–Crippen LogP) is 0.615. The first-order chi connectivity index (χ1) is 13.0. The molecule has 1 fully saturated rings. The fourth-order valence-corrected chi connectivity index (χ4v) is 3.31. The fourth-order valence-electron chi connectivity index (χ4n) is 3.31. The molecule has 0 spiro atoms. The van der Waals surface area contributed by atoms with Crippen molar-refractivity contribution in [3.63, 3.8) is 0 Å². The van der Waals surface area contributed by atoms with Crippen LogP contribution in [0.25, 0.3) is 0 Å². The Labute approximate surface area is 157 Å². The molecule has 9 nitrogen and oxygen atoms in total. The first-order valence-corrected chi connectivity index (χ1v) is 8.98. The molecule has 27 heavy (non-hydrogen) atoms. The van der Waals surface area contributed by atoms with Crippen molar-refractivity contribution in [2.24, 2.45) is 0 Å². The zero-order valence-corrected chi connectivity index (χ0v) is 15.5. The molecule has 1 unspecified atom stereocenters. The number of nitrogens with zero attached hydrogens (tertiary/aromatic N) is 2. The molecule has 3 amide bonds. The number of amides is 3. The predicted molar refractivity (Wildman–Crippen MR) is 95.5 cm³/mol. The Kier molecular flexibility index (Phi) is 5.80. The quantitative estimate of drug-likeness (QED) is 0.730. The molecule has 1 aromatic heterocycles. The summed E-state index contributed by atoms with van der Waals surface area (Å²) in [5.74, 6) is 0.0182. The van der Waals surface area contributed by atoms with Crippen LogP contribution in [-0.4, -0.2) is 67.0 Å². The summed E-state index contributed by atoms with van der Waals surface area (Å²) < 4.78 is 10.6. The first kappa shape index (κ1) is 19.0. The normalized spacial score (nSPS) is 20.9. The van der Waals surface area contributed by atoms with Crippen molar-refractivity contribution in [1.82, 2.24) is 20.4 Å². The van der Waals surface area contributed by atoms with Crippen LogP contribution in [0.5, 0.6) is 0 Å². The second-order valence-electron chi connectivity index (χ2n) is 6.44. The third kappa shape index (κ3) is 4.30. The number of esters is 1. The van der Waals surface area contributed by atoms with Crippen molar-refractivity contribution in [1.29, 1.82) is 0 Å². The molecule has 1 atom stereocenters.